The molecular weight excluding hydrogens is 258 g/mol. The molecule has 2 N–H and O–H groups in total. The van der Waals surface area contributed by atoms with Crippen LogP contribution in [-0.4, -0.2) is 16.7 Å². The molecule has 0 atom stereocenters. The van der Waals surface area contributed by atoms with E-state index in [2.05, 4.69) is 21.8 Å². The smallest absolute Gasteiger partial charge is 0.180 e. The Hall–Kier alpha value is -2.01. The van der Waals surface area contributed by atoms with Crippen molar-refractivity contribution < 1.29 is 4.74 Å². The number of hydrogen-bond acceptors (Lipinski definition) is 4. The third-order valence-electron chi connectivity index (χ3n) is 3.26. The predicted octanol–water partition coefficient (Wildman–Crippen LogP) is 3.20. The van der Waals surface area contributed by atoms with Gasteiger partial charge in [-0.15, -0.1) is 11.3 Å². The number of hydrogen-bond donors (Lipinski definition) is 1. The molecule has 3 rings (SSSR count). The Morgan fingerprint density at radius 1 is 1.37 bits per heavy atom. The quantitative estimate of drug-likeness (QED) is 0.780. The molecule has 0 radical (unpaired) electrons. The number of fused-ring (bicyclic) bond motifs is 1. The van der Waals surface area contributed by atoms with Gasteiger partial charge in [0.2, 0.25) is 0 Å². The lowest BCUT2D eigenvalue weighted by Gasteiger charge is -2.04. The topological polar surface area (TPSA) is 53.1 Å². The zero-order valence-corrected chi connectivity index (χ0v) is 11.9. The first-order valence-corrected chi connectivity index (χ1v) is 6.78. The van der Waals surface area contributed by atoms with Gasteiger partial charge in [-0.3, -0.25) is 0 Å². The van der Waals surface area contributed by atoms with Gasteiger partial charge in [-0.05, 0) is 19.1 Å². The molecule has 0 unspecified atom stereocenters. The number of nitrogens with zero attached hydrogens (tertiary/aromatic N) is 2. The maximum Gasteiger partial charge on any atom is 0.180 e. The number of aryl methyl sites for hydroxylation is 2. The molecule has 3 aromatic rings. The molecule has 5 heteroatoms. The highest BCUT2D eigenvalue weighted by molar-refractivity contribution is 7.15. The summed E-state index contributed by atoms with van der Waals surface area (Å²) in [5, 5.41) is 1.68. The van der Waals surface area contributed by atoms with Gasteiger partial charge in [-0.2, -0.15) is 0 Å². The molecule has 0 spiro atoms. The maximum atomic E-state index is 5.81. The molecule has 0 aliphatic rings. The zero-order chi connectivity index (χ0) is 13.6. The highest BCUT2D eigenvalue weighted by Gasteiger charge is 2.17. The Kier molecular flexibility index (Phi) is 2.71. The van der Waals surface area contributed by atoms with Crippen LogP contribution in [0.1, 0.15) is 4.88 Å². The second-order valence-electron chi connectivity index (χ2n) is 4.46. The van der Waals surface area contributed by atoms with Crippen molar-refractivity contribution in [3.8, 4) is 17.0 Å². The molecule has 4 nitrogen and oxygen atoms in total. The van der Waals surface area contributed by atoms with Crippen molar-refractivity contribution in [1.29, 1.82) is 0 Å². The molecule has 0 saturated carbocycles. The minimum absolute atomic E-state index is 0.597. The monoisotopic (exact) mass is 273 g/mol. The fraction of sp³-hybridized carbons (Fsp3) is 0.214. The van der Waals surface area contributed by atoms with Crippen molar-refractivity contribution in [1.82, 2.24) is 9.55 Å². The van der Waals surface area contributed by atoms with E-state index in [9.17, 15) is 0 Å². The largest absolute Gasteiger partial charge is 0.496 e. The summed E-state index contributed by atoms with van der Waals surface area (Å²) in [5.41, 5.74) is 8.94. The van der Waals surface area contributed by atoms with Crippen LogP contribution in [0.15, 0.2) is 24.4 Å². The normalized spacial score (nSPS) is 11.1. The average molecular weight is 273 g/mol. The van der Waals surface area contributed by atoms with Gasteiger partial charge in [0, 0.05) is 23.7 Å². The van der Waals surface area contributed by atoms with Crippen molar-refractivity contribution in [2.24, 2.45) is 7.05 Å². The molecule has 0 amide bonds. The van der Waals surface area contributed by atoms with Crippen LogP contribution in [0.5, 0.6) is 5.75 Å². The van der Waals surface area contributed by atoms with E-state index < -0.39 is 0 Å². The van der Waals surface area contributed by atoms with Gasteiger partial charge in [-0.1, -0.05) is 6.07 Å². The highest BCUT2D eigenvalue weighted by Crippen LogP contribution is 2.39. The molecule has 19 heavy (non-hydrogen) atoms. The SMILES string of the molecule is COc1cccc2c1c(-c1nc(N)sc1C)cn2C. The Labute approximate surface area is 115 Å². The molecule has 0 bridgehead atoms. The molecule has 2 aromatic heterocycles. The van der Waals surface area contributed by atoms with Crippen LogP contribution in [0.4, 0.5) is 5.13 Å². The molecule has 0 saturated heterocycles. The van der Waals surface area contributed by atoms with Crippen molar-refractivity contribution in [3.05, 3.63) is 29.3 Å². The number of methoxy groups -OCH3 is 1. The number of ether oxygens (including phenoxy) is 1. The third-order valence-corrected chi connectivity index (χ3v) is 4.06. The van der Waals surface area contributed by atoms with Crippen molar-refractivity contribution >= 4 is 27.4 Å². The van der Waals surface area contributed by atoms with E-state index in [1.54, 1.807) is 7.11 Å². The summed E-state index contributed by atoms with van der Waals surface area (Å²) >= 11 is 1.51. The van der Waals surface area contributed by atoms with Crippen molar-refractivity contribution in [3.63, 3.8) is 0 Å². The third kappa shape index (κ3) is 1.77. The van der Waals surface area contributed by atoms with E-state index in [0.717, 1.165) is 32.8 Å². The molecule has 1 aromatic carbocycles. The number of nitrogens with two attached hydrogens (primary N) is 1. The van der Waals surface area contributed by atoms with Gasteiger partial charge in [0.25, 0.3) is 0 Å². The summed E-state index contributed by atoms with van der Waals surface area (Å²) in [6, 6.07) is 6.04. The maximum absolute atomic E-state index is 5.81. The van der Waals surface area contributed by atoms with Crippen LogP contribution < -0.4 is 10.5 Å². The van der Waals surface area contributed by atoms with E-state index in [-0.39, 0.29) is 0 Å². The number of benzene rings is 1. The lowest BCUT2D eigenvalue weighted by molar-refractivity contribution is 0.420. The number of thiazole rings is 1. The molecule has 0 aliphatic carbocycles. The van der Waals surface area contributed by atoms with E-state index >= 15 is 0 Å². The number of rotatable bonds is 2. The summed E-state index contributed by atoms with van der Waals surface area (Å²) in [7, 11) is 3.71. The Bertz CT molecular complexity index is 757. The average Bonchev–Trinajstić information content (AvgIpc) is 2.90. The van der Waals surface area contributed by atoms with Crippen molar-refractivity contribution in [2.75, 3.05) is 12.8 Å². The fourth-order valence-corrected chi connectivity index (χ4v) is 3.13. The van der Waals surface area contributed by atoms with Crippen LogP contribution >= 0.6 is 11.3 Å². The van der Waals surface area contributed by atoms with Crippen molar-refractivity contribution in [2.45, 2.75) is 6.92 Å². The van der Waals surface area contributed by atoms with Gasteiger partial charge in [0.15, 0.2) is 5.13 Å². The summed E-state index contributed by atoms with van der Waals surface area (Å²) in [5.74, 6) is 0.860. The second-order valence-corrected chi connectivity index (χ2v) is 5.70. The highest BCUT2D eigenvalue weighted by atomic mass is 32.1. The van der Waals surface area contributed by atoms with Crippen LogP contribution in [0.25, 0.3) is 22.2 Å². The Morgan fingerprint density at radius 2 is 2.16 bits per heavy atom. The summed E-state index contributed by atoms with van der Waals surface area (Å²) in [6.07, 6.45) is 2.08. The van der Waals surface area contributed by atoms with E-state index in [0.29, 0.717) is 5.13 Å². The van der Waals surface area contributed by atoms with Gasteiger partial charge < -0.3 is 15.0 Å². The molecule has 0 fully saturated rings. The van der Waals surface area contributed by atoms with Crippen LogP contribution in [0.3, 0.4) is 0 Å². The lowest BCUT2D eigenvalue weighted by Crippen LogP contribution is -1.87. The molecular formula is C14H15N3OS. The first kappa shape index (κ1) is 12.0. The van der Waals surface area contributed by atoms with Gasteiger partial charge in [0.1, 0.15) is 5.75 Å². The minimum Gasteiger partial charge on any atom is -0.496 e. The first-order chi connectivity index (χ1) is 9.11. The number of anilines is 1. The molecule has 2 heterocycles. The van der Waals surface area contributed by atoms with E-state index in [4.69, 9.17) is 10.5 Å². The summed E-state index contributed by atoms with van der Waals surface area (Å²) in [4.78, 5) is 5.57. The van der Waals surface area contributed by atoms with Gasteiger partial charge >= 0.3 is 0 Å². The summed E-state index contributed by atoms with van der Waals surface area (Å²) in [6.45, 7) is 2.04. The second kappa shape index (κ2) is 4.28. The number of aromatic nitrogens is 2. The fourth-order valence-electron chi connectivity index (χ4n) is 2.43. The zero-order valence-electron chi connectivity index (χ0n) is 11.1. The van der Waals surface area contributed by atoms with Gasteiger partial charge in [-0.25, -0.2) is 4.98 Å². The molecule has 0 aliphatic heterocycles. The lowest BCUT2D eigenvalue weighted by atomic mass is 10.1. The Balaban J connectivity index is 2.38. The predicted molar refractivity (Wildman–Crippen MR) is 79.7 cm³/mol. The molecule has 98 valence electrons. The van der Waals surface area contributed by atoms with E-state index in [1.165, 1.54) is 11.3 Å². The van der Waals surface area contributed by atoms with Crippen LogP contribution in [0, 0.1) is 6.92 Å². The summed E-state index contributed by atoms with van der Waals surface area (Å²) < 4.78 is 7.57. The van der Waals surface area contributed by atoms with E-state index in [1.807, 2.05) is 26.1 Å². The van der Waals surface area contributed by atoms with Gasteiger partial charge in [0.05, 0.1) is 23.7 Å². The van der Waals surface area contributed by atoms with Crippen LogP contribution in [-0.2, 0) is 7.05 Å². The minimum atomic E-state index is 0.597. The Morgan fingerprint density at radius 3 is 2.79 bits per heavy atom. The standard InChI is InChI=1S/C14H15N3OS/c1-8-13(16-14(15)19-8)9-7-17(2)10-5-4-6-11(18-3)12(9)10/h4-7H,1-3H3,(H2,15,16). The van der Waals surface area contributed by atoms with Crippen LogP contribution in [0.2, 0.25) is 0 Å². The first-order valence-electron chi connectivity index (χ1n) is 5.97. The number of nitrogen functional groups attached to an aromatic ring is 1.